The van der Waals surface area contributed by atoms with Gasteiger partial charge < -0.3 is 14.4 Å². The van der Waals surface area contributed by atoms with E-state index in [0.717, 1.165) is 36.7 Å². The van der Waals surface area contributed by atoms with Gasteiger partial charge in [0.25, 0.3) is 0 Å². The molecular formula is C21H24ClN3O5S. The normalized spacial score (nSPS) is 16.5. The van der Waals surface area contributed by atoms with Crippen LogP contribution >= 0.6 is 11.6 Å². The first-order valence-corrected chi connectivity index (χ1v) is 11.9. The maximum Gasteiger partial charge on any atom is 0.240 e. The summed E-state index contributed by atoms with van der Waals surface area (Å²) in [6.07, 6.45) is 0.120. The molecule has 2 aliphatic rings. The Morgan fingerprint density at radius 2 is 1.71 bits per heavy atom. The lowest BCUT2D eigenvalue weighted by Gasteiger charge is -2.34. The van der Waals surface area contributed by atoms with Gasteiger partial charge in [0, 0.05) is 50.7 Å². The van der Waals surface area contributed by atoms with Gasteiger partial charge in [-0.05, 0) is 42.0 Å². The number of ether oxygens (including phenoxy) is 2. The zero-order chi connectivity index (χ0) is 21.8. The molecule has 0 bridgehead atoms. The first-order chi connectivity index (χ1) is 14.9. The average molecular weight is 466 g/mol. The number of halogens is 1. The van der Waals surface area contributed by atoms with Crippen molar-refractivity contribution in [3.63, 3.8) is 0 Å². The molecule has 0 atom stereocenters. The second kappa shape index (κ2) is 9.44. The first kappa shape index (κ1) is 21.9. The van der Waals surface area contributed by atoms with E-state index in [0.29, 0.717) is 18.1 Å². The van der Waals surface area contributed by atoms with Crippen LogP contribution in [0.5, 0.6) is 11.5 Å². The summed E-state index contributed by atoms with van der Waals surface area (Å²) in [6.45, 7) is 3.85. The van der Waals surface area contributed by atoms with Crippen LogP contribution in [-0.4, -0.2) is 63.6 Å². The van der Waals surface area contributed by atoms with Gasteiger partial charge in [-0.1, -0.05) is 17.7 Å². The predicted octanol–water partition coefficient (Wildman–Crippen LogP) is 2.08. The van der Waals surface area contributed by atoms with Crippen molar-refractivity contribution >= 4 is 27.5 Å². The molecule has 2 aromatic carbocycles. The van der Waals surface area contributed by atoms with Crippen molar-refractivity contribution in [3.05, 3.63) is 53.1 Å². The number of hydrogen-bond acceptors (Lipinski definition) is 6. The van der Waals surface area contributed by atoms with Crippen LogP contribution in [0.1, 0.15) is 12.0 Å². The molecule has 2 aliphatic heterocycles. The summed E-state index contributed by atoms with van der Waals surface area (Å²) in [5.74, 6) is 1.49. The molecule has 1 saturated heterocycles. The Bertz CT molecular complexity index is 1040. The van der Waals surface area contributed by atoms with Crippen LogP contribution in [0.15, 0.2) is 47.4 Å². The van der Waals surface area contributed by atoms with Crippen LogP contribution in [0.3, 0.4) is 0 Å². The zero-order valence-corrected chi connectivity index (χ0v) is 18.5. The maximum absolute atomic E-state index is 12.5. The third-order valence-electron chi connectivity index (χ3n) is 5.32. The number of piperazine rings is 1. The van der Waals surface area contributed by atoms with Gasteiger partial charge >= 0.3 is 0 Å². The van der Waals surface area contributed by atoms with Gasteiger partial charge in [-0.3, -0.25) is 9.69 Å². The Labute approximate surface area is 186 Å². The Kier molecular flexibility index (Phi) is 6.66. The zero-order valence-electron chi connectivity index (χ0n) is 16.9. The van der Waals surface area contributed by atoms with E-state index in [1.807, 2.05) is 18.2 Å². The third kappa shape index (κ3) is 5.48. The van der Waals surface area contributed by atoms with E-state index < -0.39 is 10.0 Å². The van der Waals surface area contributed by atoms with Crippen molar-refractivity contribution in [3.8, 4) is 11.5 Å². The van der Waals surface area contributed by atoms with Gasteiger partial charge in [0.1, 0.15) is 0 Å². The van der Waals surface area contributed by atoms with Crippen LogP contribution in [-0.2, 0) is 21.4 Å². The maximum atomic E-state index is 12.5. The number of benzene rings is 2. The molecule has 0 aromatic heterocycles. The van der Waals surface area contributed by atoms with E-state index in [2.05, 4.69) is 9.62 Å². The highest BCUT2D eigenvalue weighted by atomic mass is 35.5. The van der Waals surface area contributed by atoms with Crippen molar-refractivity contribution in [2.45, 2.75) is 17.9 Å². The number of rotatable bonds is 7. The molecule has 4 rings (SSSR count). The van der Waals surface area contributed by atoms with Gasteiger partial charge in [0.15, 0.2) is 11.5 Å². The SMILES string of the molecule is O=C(CCNS(=O)(=O)c1ccc(Cl)cc1)N1CCN(Cc2ccc3c(c2)OCO3)CC1. The molecule has 0 aliphatic carbocycles. The molecule has 0 spiro atoms. The Morgan fingerprint density at radius 1 is 1.00 bits per heavy atom. The van der Waals surface area contributed by atoms with Gasteiger partial charge in [0.2, 0.25) is 22.7 Å². The summed E-state index contributed by atoms with van der Waals surface area (Å²) in [5.41, 5.74) is 1.14. The van der Waals surface area contributed by atoms with Crippen LogP contribution in [0.25, 0.3) is 0 Å². The highest BCUT2D eigenvalue weighted by Crippen LogP contribution is 2.32. The lowest BCUT2D eigenvalue weighted by Crippen LogP contribution is -2.48. The Morgan fingerprint density at radius 3 is 2.45 bits per heavy atom. The number of carbonyl (C=O) groups is 1. The van der Waals surface area contributed by atoms with Crippen LogP contribution in [0.4, 0.5) is 0 Å². The lowest BCUT2D eigenvalue weighted by atomic mass is 10.1. The number of nitrogens with zero attached hydrogens (tertiary/aromatic N) is 2. The molecule has 0 saturated carbocycles. The van der Waals surface area contributed by atoms with Crippen LogP contribution < -0.4 is 14.2 Å². The standard InChI is InChI=1S/C21H24ClN3O5S/c22-17-2-4-18(5-3-17)31(27,28)23-8-7-21(26)25-11-9-24(10-12-25)14-16-1-6-19-20(13-16)30-15-29-19/h1-6,13,23H,7-12,14-15H2. The first-order valence-electron chi connectivity index (χ1n) is 10.0. The fourth-order valence-electron chi connectivity index (χ4n) is 3.60. The van der Waals surface area contributed by atoms with E-state index in [1.54, 1.807) is 4.90 Å². The molecule has 10 heteroatoms. The summed E-state index contributed by atoms with van der Waals surface area (Å²) >= 11 is 5.79. The van der Waals surface area contributed by atoms with E-state index in [4.69, 9.17) is 21.1 Å². The minimum Gasteiger partial charge on any atom is -0.454 e. The molecule has 166 valence electrons. The summed E-state index contributed by atoms with van der Waals surface area (Å²) in [4.78, 5) is 16.7. The minimum absolute atomic E-state index is 0.0541. The van der Waals surface area contributed by atoms with E-state index >= 15 is 0 Å². The van der Waals surface area contributed by atoms with Crippen molar-refractivity contribution in [1.29, 1.82) is 0 Å². The summed E-state index contributed by atoms with van der Waals surface area (Å²) in [5, 5.41) is 0.465. The average Bonchev–Trinajstić information content (AvgIpc) is 3.22. The second-order valence-electron chi connectivity index (χ2n) is 7.45. The molecular weight excluding hydrogens is 442 g/mol. The third-order valence-corrected chi connectivity index (χ3v) is 7.05. The monoisotopic (exact) mass is 465 g/mol. The Hall–Kier alpha value is -2.33. The Balaban J connectivity index is 1.21. The quantitative estimate of drug-likeness (QED) is 0.673. The minimum atomic E-state index is -3.66. The van der Waals surface area contributed by atoms with Crippen molar-refractivity contribution < 1.29 is 22.7 Å². The summed E-state index contributed by atoms with van der Waals surface area (Å²) in [6, 6.07) is 11.8. The van der Waals surface area contributed by atoms with Crippen LogP contribution in [0, 0.1) is 0 Å². The molecule has 8 nitrogen and oxygen atoms in total. The largest absolute Gasteiger partial charge is 0.454 e. The number of hydrogen-bond donors (Lipinski definition) is 1. The van der Waals surface area contributed by atoms with Gasteiger partial charge in [-0.15, -0.1) is 0 Å². The molecule has 2 heterocycles. The molecule has 0 radical (unpaired) electrons. The van der Waals surface area contributed by atoms with Crippen molar-refractivity contribution in [2.75, 3.05) is 39.5 Å². The van der Waals surface area contributed by atoms with E-state index in [-0.39, 0.29) is 30.6 Å². The van der Waals surface area contributed by atoms with Crippen molar-refractivity contribution in [2.24, 2.45) is 0 Å². The topological polar surface area (TPSA) is 88.2 Å². The molecule has 31 heavy (non-hydrogen) atoms. The fourth-order valence-corrected chi connectivity index (χ4v) is 4.76. The molecule has 1 fully saturated rings. The summed E-state index contributed by atoms with van der Waals surface area (Å²) < 4.78 is 37.8. The molecule has 0 unspecified atom stereocenters. The smallest absolute Gasteiger partial charge is 0.240 e. The highest BCUT2D eigenvalue weighted by molar-refractivity contribution is 7.89. The second-order valence-corrected chi connectivity index (χ2v) is 9.65. The van der Waals surface area contributed by atoms with Crippen molar-refractivity contribution in [1.82, 2.24) is 14.5 Å². The number of carbonyl (C=O) groups excluding carboxylic acids is 1. The van der Waals surface area contributed by atoms with E-state index in [1.165, 1.54) is 24.3 Å². The molecule has 1 amide bonds. The number of amides is 1. The predicted molar refractivity (Wildman–Crippen MR) is 116 cm³/mol. The van der Waals surface area contributed by atoms with Gasteiger partial charge in [0.05, 0.1) is 4.90 Å². The lowest BCUT2D eigenvalue weighted by molar-refractivity contribution is -0.132. The molecule has 2 aromatic rings. The van der Waals surface area contributed by atoms with Gasteiger partial charge in [-0.25, -0.2) is 13.1 Å². The molecule has 1 N–H and O–H groups in total. The number of sulfonamides is 1. The van der Waals surface area contributed by atoms with Gasteiger partial charge in [-0.2, -0.15) is 0 Å². The number of fused-ring (bicyclic) bond motifs is 1. The van der Waals surface area contributed by atoms with Crippen LogP contribution in [0.2, 0.25) is 5.02 Å². The number of nitrogens with one attached hydrogen (secondary N) is 1. The summed E-state index contributed by atoms with van der Waals surface area (Å²) in [7, 11) is -3.66. The van der Waals surface area contributed by atoms with E-state index in [9.17, 15) is 13.2 Å². The highest BCUT2D eigenvalue weighted by Gasteiger charge is 2.22. The fraction of sp³-hybridized carbons (Fsp3) is 0.381.